The molecule has 8 heteroatoms. The van der Waals surface area contributed by atoms with Crippen molar-refractivity contribution in [2.24, 2.45) is 0 Å². The average molecular weight is 420 g/mol. The summed E-state index contributed by atoms with van der Waals surface area (Å²) in [6.07, 6.45) is 7.84. The molecule has 1 aromatic carbocycles. The highest BCUT2D eigenvalue weighted by molar-refractivity contribution is 5.80. The van der Waals surface area contributed by atoms with Gasteiger partial charge in [0.05, 0.1) is 30.0 Å². The number of carbonyl (C=O) groups is 1. The molecule has 0 bridgehead atoms. The smallest absolute Gasteiger partial charge is 0.227 e. The fourth-order valence-electron chi connectivity index (χ4n) is 4.61. The molecule has 0 radical (unpaired) electrons. The van der Waals surface area contributed by atoms with Crippen LogP contribution in [0.5, 0.6) is 0 Å². The van der Waals surface area contributed by atoms with E-state index in [1.165, 1.54) is 12.1 Å². The van der Waals surface area contributed by atoms with Crippen LogP contribution < -0.4 is 4.90 Å². The summed E-state index contributed by atoms with van der Waals surface area (Å²) in [5.41, 5.74) is 3.30. The van der Waals surface area contributed by atoms with E-state index in [0.29, 0.717) is 12.1 Å². The van der Waals surface area contributed by atoms with Crippen molar-refractivity contribution >= 4 is 11.9 Å². The first kappa shape index (κ1) is 19.7. The van der Waals surface area contributed by atoms with Gasteiger partial charge >= 0.3 is 0 Å². The lowest BCUT2D eigenvalue weighted by Crippen LogP contribution is -2.32. The number of H-pyrrole nitrogens is 1. The van der Waals surface area contributed by atoms with Gasteiger partial charge in [0.1, 0.15) is 5.82 Å². The van der Waals surface area contributed by atoms with Crippen LogP contribution in [0.3, 0.4) is 0 Å². The van der Waals surface area contributed by atoms with Crippen LogP contribution in [0.25, 0.3) is 11.3 Å². The first-order valence-corrected chi connectivity index (χ1v) is 10.8. The Labute approximate surface area is 180 Å². The molecule has 1 amide bonds. The summed E-state index contributed by atoms with van der Waals surface area (Å²) in [6.45, 7) is 2.64. The predicted molar refractivity (Wildman–Crippen MR) is 115 cm³/mol. The predicted octanol–water partition coefficient (Wildman–Crippen LogP) is 3.51. The van der Waals surface area contributed by atoms with Gasteiger partial charge in [-0.25, -0.2) is 14.4 Å². The fourth-order valence-corrected chi connectivity index (χ4v) is 4.61. The third kappa shape index (κ3) is 4.02. The number of carbonyl (C=O) groups excluding carboxylic acids is 1. The van der Waals surface area contributed by atoms with Gasteiger partial charge in [0.15, 0.2) is 0 Å². The molecular weight excluding hydrogens is 395 g/mol. The van der Waals surface area contributed by atoms with Crippen molar-refractivity contribution in [3.63, 3.8) is 0 Å². The number of hydrogen-bond donors (Lipinski definition) is 1. The van der Waals surface area contributed by atoms with E-state index < -0.39 is 0 Å². The number of hydrogen-bond acceptors (Lipinski definition) is 5. The second kappa shape index (κ2) is 8.45. The highest BCUT2D eigenvalue weighted by atomic mass is 19.1. The molecule has 160 valence electrons. The Balaban J connectivity index is 1.39. The van der Waals surface area contributed by atoms with Crippen LogP contribution in [-0.4, -0.2) is 50.6 Å². The molecule has 2 aromatic heterocycles. The summed E-state index contributed by atoms with van der Waals surface area (Å²) < 4.78 is 13.5. The third-order valence-electron chi connectivity index (χ3n) is 6.13. The maximum atomic E-state index is 13.5. The topological polar surface area (TPSA) is 78.0 Å². The second-order valence-electron chi connectivity index (χ2n) is 8.19. The number of aromatic nitrogens is 4. The van der Waals surface area contributed by atoms with Crippen molar-refractivity contribution in [3.8, 4) is 11.3 Å². The summed E-state index contributed by atoms with van der Waals surface area (Å²) in [5.74, 6) is 0.415. The minimum absolute atomic E-state index is 0.00547. The van der Waals surface area contributed by atoms with E-state index in [0.717, 1.165) is 61.7 Å². The highest BCUT2D eigenvalue weighted by Crippen LogP contribution is 2.36. The van der Waals surface area contributed by atoms with Gasteiger partial charge < -0.3 is 9.80 Å². The monoisotopic (exact) mass is 420 g/mol. The number of rotatable bonds is 5. The largest absolute Gasteiger partial charge is 0.341 e. The Kier molecular flexibility index (Phi) is 5.36. The quantitative estimate of drug-likeness (QED) is 0.683. The fraction of sp³-hybridized carbons (Fsp3) is 0.391. The van der Waals surface area contributed by atoms with E-state index >= 15 is 0 Å². The normalized spacial score (nSPS) is 18.7. The third-order valence-corrected chi connectivity index (χ3v) is 6.13. The number of likely N-dealkylation sites (tertiary alicyclic amines) is 1. The molecule has 3 aromatic rings. The number of aromatic amines is 1. The van der Waals surface area contributed by atoms with Gasteiger partial charge in [-0.3, -0.25) is 9.89 Å². The maximum absolute atomic E-state index is 13.5. The minimum atomic E-state index is -0.323. The molecular formula is C23H25FN6O. The van der Waals surface area contributed by atoms with Gasteiger partial charge in [-0.05, 0) is 49.4 Å². The van der Waals surface area contributed by atoms with Crippen molar-refractivity contribution in [2.75, 3.05) is 24.5 Å². The standard InChI is InChI=1S/C23H25FN6O/c24-17-6-3-5-16(13-17)14-21(31)30-12-4-7-20(30)22-18(15-26-28-22)19-8-9-25-23(27-19)29-10-1-2-11-29/h3,5-6,8-9,13,15,20H,1-2,4,7,10-12,14H2,(H,26,28)/t20-/m0/s1. The van der Waals surface area contributed by atoms with Gasteiger partial charge in [-0.2, -0.15) is 5.10 Å². The molecule has 2 saturated heterocycles. The molecule has 0 unspecified atom stereocenters. The second-order valence-corrected chi connectivity index (χ2v) is 8.19. The summed E-state index contributed by atoms with van der Waals surface area (Å²) >= 11 is 0. The van der Waals surface area contributed by atoms with Crippen LogP contribution in [0.1, 0.15) is 43.0 Å². The number of benzene rings is 1. The summed E-state index contributed by atoms with van der Waals surface area (Å²) in [5, 5.41) is 7.39. The first-order valence-electron chi connectivity index (χ1n) is 10.8. The van der Waals surface area contributed by atoms with Crippen molar-refractivity contribution in [2.45, 2.75) is 38.1 Å². The lowest BCUT2D eigenvalue weighted by molar-refractivity contribution is -0.131. The van der Waals surface area contributed by atoms with Crippen LogP contribution in [0.2, 0.25) is 0 Å². The van der Waals surface area contributed by atoms with Gasteiger partial charge in [0, 0.05) is 31.4 Å². The van der Waals surface area contributed by atoms with Gasteiger partial charge in [-0.1, -0.05) is 12.1 Å². The summed E-state index contributed by atoms with van der Waals surface area (Å²) in [7, 11) is 0. The lowest BCUT2D eigenvalue weighted by Gasteiger charge is -2.25. The van der Waals surface area contributed by atoms with Crippen LogP contribution in [0.4, 0.5) is 10.3 Å². The van der Waals surface area contributed by atoms with Gasteiger partial charge in [0.2, 0.25) is 11.9 Å². The number of amides is 1. The molecule has 1 N–H and O–H groups in total. The van der Waals surface area contributed by atoms with E-state index in [9.17, 15) is 9.18 Å². The zero-order chi connectivity index (χ0) is 21.2. The van der Waals surface area contributed by atoms with Crippen molar-refractivity contribution in [3.05, 3.63) is 59.8 Å². The van der Waals surface area contributed by atoms with Gasteiger partial charge in [-0.15, -0.1) is 0 Å². The van der Waals surface area contributed by atoms with Crippen LogP contribution in [0, 0.1) is 5.82 Å². The summed E-state index contributed by atoms with van der Waals surface area (Å²) in [4.78, 5) is 26.4. The minimum Gasteiger partial charge on any atom is -0.341 e. The van der Waals surface area contributed by atoms with Crippen LogP contribution >= 0.6 is 0 Å². The number of nitrogens with one attached hydrogen (secondary N) is 1. The molecule has 0 aliphatic carbocycles. The SMILES string of the molecule is O=C(Cc1cccc(F)c1)N1CCC[C@H]1c1[nH]ncc1-c1ccnc(N2CCCC2)n1. The Bertz CT molecular complexity index is 1080. The highest BCUT2D eigenvalue weighted by Gasteiger charge is 2.33. The maximum Gasteiger partial charge on any atom is 0.227 e. The molecule has 2 aliphatic heterocycles. The number of halogens is 1. The summed E-state index contributed by atoms with van der Waals surface area (Å²) in [6, 6.07) is 8.03. The lowest BCUT2D eigenvalue weighted by atomic mass is 10.0. The average Bonchev–Trinajstić information content (AvgIpc) is 3.55. The molecule has 31 heavy (non-hydrogen) atoms. The molecule has 0 spiro atoms. The number of anilines is 1. The molecule has 7 nitrogen and oxygen atoms in total. The molecule has 2 aliphatic rings. The Hall–Kier alpha value is -3.29. The zero-order valence-corrected chi connectivity index (χ0v) is 17.3. The molecule has 1 atom stereocenters. The zero-order valence-electron chi connectivity index (χ0n) is 17.3. The number of nitrogens with zero attached hydrogens (tertiary/aromatic N) is 5. The van der Waals surface area contributed by atoms with E-state index in [1.54, 1.807) is 24.5 Å². The molecule has 2 fully saturated rings. The first-order chi connectivity index (χ1) is 15.2. The van der Waals surface area contributed by atoms with Gasteiger partial charge in [0.25, 0.3) is 0 Å². The molecule has 5 rings (SSSR count). The van der Waals surface area contributed by atoms with E-state index in [2.05, 4.69) is 20.1 Å². The van der Waals surface area contributed by atoms with Crippen molar-refractivity contribution in [1.82, 2.24) is 25.1 Å². The molecule has 4 heterocycles. The Morgan fingerprint density at radius 2 is 2.03 bits per heavy atom. The Morgan fingerprint density at radius 3 is 2.87 bits per heavy atom. The van der Waals surface area contributed by atoms with E-state index in [-0.39, 0.29) is 24.2 Å². The van der Waals surface area contributed by atoms with E-state index in [1.807, 2.05) is 11.0 Å². The Morgan fingerprint density at radius 1 is 1.16 bits per heavy atom. The van der Waals surface area contributed by atoms with Crippen molar-refractivity contribution in [1.29, 1.82) is 0 Å². The van der Waals surface area contributed by atoms with Crippen LogP contribution in [0.15, 0.2) is 42.7 Å². The molecule has 0 saturated carbocycles. The van der Waals surface area contributed by atoms with Crippen molar-refractivity contribution < 1.29 is 9.18 Å². The van der Waals surface area contributed by atoms with E-state index in [4.69, 9.17) is 4.98 Å². The van der Waals surface area contributed by atoms with Crippen LogP contribution in [-0.2, 0) is 11.2 Å².